The van der Waals surface area contributed by atoms with Gasteiger partial charge in [-0.15, -0.1) is 0 Å². The fraction of sp³-hybridized carbons (Fsp3) is 0.348. The number of methoxy groups -OCH3 is 1. The molecule has 0 amide bonds. The molecule has 1 saturated heterocycles. The van der Waals surface area contributed by atoms with Crippen LogP contribution in [0.3, 0.4) is 0 Å². The van der Waals surface area contributed by atoms with Gasteiger partial charge in [0.1, 0.15) is 5.75 Å². The van der Waals surface area contributed by atoms with Crippen molar-refractivity contribution in [1.29, 1.82) is 0 Å². The molecule has 0 atom stereocenters. The molecule has 2 aromatic heterocycles. The second-order valence-corrected chi connectivity index (χ2v) is 7.60. The zero-order valence-corrected chi connectivity index (χ0v) is 17.0. The molecule has 1 aliphatic heterocycles. The molecule has 1 aromatic carbocycles. The summed E-state index contributed by atoms with van der Waals surface area (Å²) in [5.41, 5.74) is 5.09. The number of nitrogens with zero attached hydrogens (tertiary/aromatic N) is 4. The highest BCUT2D eigenvalue weighted by Crippen LogP contribution is 2.46. The summed E-state index contributed by atoms with van der Waals surface area (Å²) in [5, 5.41) is 5.47. The second kappa shape index (κ2) is 6.81. The Bertz CT molecular complexity index is 1140. The molecule has 0 radical (unpaired) electrons. The molecule has 148 valence electrons. The van der Waals surface area contributed by atoms with Crippen LogP contribution in [0.5, 0.6) is 5.75 Å². The Labute approximate surface area is 170 Å². The lowest BCUT2D eigenvalue weighted by Crippen LogP contribution is -2.42. The van der Waals surface area contributed by atoms with Crippen molar-refractivity contribution in [1.82, 2.24) is 15.0 Å². The van der Waals surface area contributed by atoms with E-state index in [2.05, 4.69) is 21.9 Å². The molecule has 1 aliphatic carbocycles. The van der Waals surface area contributed by atoms with Crippen LogP contribution in [-0.2, 0) is 0 Å². The van der Waals surface area contributed by atoms with Crippen LogP contribution < -0.4 is 9.75 Å². The van der Waals surface area contributed by atoms with Crippen LogP contribution in [0.2, 0.25) is 0 Å². The Morgan fingerprint density at radius 3 is 2.66 bits per heavy atom. The Balaban J connectivity index is 1.87. The van der Waals surface area contributed by atoms with Gasteiger partial charge in [0.25, 0.3) is 0 Å². The number of ether oxygens (including phenoxy) is 1. The summed E-state index contributed by atoms with van der Waals surface area (Å²) in [6.07, 6.45) is 5.81. The highest BCUT2D eigenvalue weighted by molar-refractivity contribution is 6.28. The van der Waals surface area contributed by atoms with E-state index in [4.69, 9.17) is 9.72 Å². The monoisotopic (exact) mass is 388 g/mol. The lowest BCUT2D eigenvalue weighted by Gasteiger charge is -2.33. The number of carbonyl (C=O) groups excluding carboxylic acids is 1. The van der Waals surface area contributed by atoms with Crippen LogP contribution in [0.25, 0.3) is 22.0 Å². The zero-order chi connectivity index (χ0) is 20.1. The van der Waals surface area contributed by atoms with E-state index in [-0.39, 0.29) is 5.78 Å². The number of hydrogen-bond donors (Lipinski definition) is 0. The first-order valence-corrected chi connectivity index (χ1v) is 10.2. The molecule has 29 heavy (non-hydrogen) atoms. The third-order valence-corrected chi connectivity index (χ3v) is 6.09. The number of anilines is 1. The third-order valence-electron chi connectivity index (χ3n) is 6.09. The van der Waals surface area contributed by atoms with E-state index >= 15 is 0 Å². The number of benzene rings is 1. The summed E-state index contributed by atoms with van der Waals surface area (Å²) in [4.78, 5) is 22.8. The summed E-state index contributed by atoms with van der Waals surface area (Å²) in [6.45, 7) is 6.88. The lowest BCUT2D eigenvalue weighted by molar-refractivity contribution is 0.104. The van der Waals surface area contributed by atoms with Gasteiger partial charge in [0.2, 0.25) is 0 Å². The highest BCUT2D eigenvalue weighted by atomic mass is 16.5. The first-order chi connectivity index (χ1) is 14.2. The number of hydrogen-bond acceptors (Lipinski definition) is 6. The van der Waals surface area contributed by atoms with E-state index in [9.17, 15) is 4.79 Å². The van der Waals surface area contributed by atoms with Crippen molar-refractivity contribution in [3.63, 3.8) is 0 Å². The molecule has 3 heterocycles. The van der Waals surface area contributed by atoms with Gasteiger partial charge in [-0.3, -0.25) is 14.8 Å². The van der Waals surface area contributed by atoms with E-state index < -0.39 is 0 Å². The van der Waals surface area contributed by atoms with E-state index in [0.29, 0.717) is 11.1 Å². The fourth-order valence-corrected chi connectivity index (χ4v) is 4.69. The maximum absolute atomic E-state index is 13.5. The summed E-state index contributed by atoms with van der Waals surface area (Å²) in [6, 6.07) is 5.78. The van der Waals surface area contributed by atoms with Crippen LogP contribution in [0.4, 0.5) is 5.82 Å². The molecule has 0 N–H and O–H groups in total. The molecule has 6 nitrogen and oxygen atoms in total. The van der Waals surface area contributed by atoms with Gasteiger partial charge in [-0.05, 0) is 44.9 Å². The number of aromatic nitrogens is 2. The van der Waals surface area contributed by atoms with Crippen molar-refractivity contribution in [2.24, 2.45) is 0 Å². The lowest BCUT2D eigenvalue weighted by atomic mass is 9.99. The number of fused-ring (bicyclic) bond motifs is 5. The molecule has 0 spiro atoms. The molecular weight excluding hydrogens is 364 g/mol. The van der Waals surface area contributed by atoms with Gasteiger partial charge in [-0.2, -0.15) is 0 Å². The van der Waals surface area contributed by atoms with Crippen LogP contribution in [0.1, 0.15) is 41.3 Å². The quantitative estimate of drug-likeness (QED) is 0.527. The van der Waals surface area contributed by atoms with Crippen molar-refractivity contribution < 1.29 is 9.53 Å². The smallest absolute Gasteiger partial charge is 0.198 e. The summed E-state index contributed by atoms with van der Waals surface area (Å²) < 4.78 is 5.55. The van der Waals surface area contributed by atoms with Crippen molar-refractivity contribution in [3.8, 4) is 16.9 Å². The van der Waals surface area contributed by atoms with E-state index in [0.717, 1.165) is 71.6 Å². The molecule has 3 aromatic rings. The van der Waals surface area contributed by atoms with Crippen molar-refractivity contribution >= 4 is 22.5 Å². The summed E-state index contributed by atoms with van der Waals surface area (Å²) >= 11 is 0. The van der Waals surface area contributed by atoms with Crippen molar-refractivity contribution in [2.75, 3.05) is 31.8 Å². The van der Waals surface area contributed by atoms with Gasteiger partial charge in [-0.1, -0.05) is 0 Å². The molecule has 0 unspecified atom stereocenters. The molecule has 6 heteroatoms. The Morgan fingerprint density at radius 1 is 1.14 bits per heavy atom. The molecule has 5 rings (SSSR count). The van der Waals surface area contributed by atoms with E-state index in [1.54, 1.807) is 19.5 Å². The van der Waals surface area contributed by atoms with Crippen molar-refractivity contribution in [3.05, 3.63) is 47.3 Å². The summed E-state index contributed by atoms with van der Waals surface area (Å²) in [7, 11) is 1.67. The average molecular weight is 388 g/mol. The normalized spacial score (nSPS) is 15.6. The Hall–Kier alpha value is -2.99. The maximum atomic E-state index is 13.5. The fourth-order valence-electron chi connectivity index (χ4n) is 4.69. The van der Waals surface area contributed by atoms with Gasteiger partial charge in [-0.25, -0.2) is 9.99 Å². The molecular formula is C23H24N4O2. The number of aryl methyl sites for hydroxylation is 1. The van der Waals surface area contributed by atoms with Gasteiger partial charge in [0.15, 0.2) is 11.6 Å². The Kier molecular flexibility index (Phi) is 4.24. The number of carbonyl (C=O) groups is 1. The van der Waals surface area contributed by atoms with Gasteiger partial charge < -0.3 is 4.74 Å². The third kappa shape index (κ3) is 2.55. The van der Waals surface area contributed by atoms with Crippen LogP contribution >= 0.6 is 0 Å². The minimum atomic E-state index is 0.0351. The number of rotatable bonds is 4. The zero-order valence-electron chi connectivity index (χ0n) is 17.0. The minimum absolute atomic E-state index is 0.0351. The molecule has 1 fully saturated rings. The average Bonchev–Trinajstić information content (AvgIpc) is 3.37. The highest BCUT2D eigenvalue weighted by Gasteiger charge is 2.36. The molecule has 2 aliphatic rings. The SMILES string of the molecule is CCN(c1nc2c(C)c(OC)ccc2c2c1C(=O)c1ccncc1-2)N1CCCC1. The van der Waals surface area contributed by atoms with E-state index in [1.165, 1.54) is 0 Å². The Morgan fingerprint density at radius 2 is 1.93 bits per heavy atom. The number of hydrazine groups is 1. The maximum Gasteiger partial charge on any atom is 0.198 e. The number of pyridine rings is 2. The summed E-state index contributed by atoms with van der Waals surface area (Å²) in [5.74, 6) is 1.58. The second-order valence-electron chi connectivity index (χ2n) is 7.60. The van der Waals surface area contributed by atoms with Crippen LogP contribution in [0, 0.1) is 6.92 Å². The van der Waals surface area contributed by atoms with Crippen LogP contribution in [0.15, 0.2) is 30.6 Å². The first kappa shape index (κ1) is 18.1. The first-order valence-electron chi connectivity index (χ1n) is 10.2. The van der Waals surface area contributed by atoms with Crippen LogP contribution in [-0.4, -0.2) is 47.5 Å². The topological polar surface area (TPSA) is 58.6 Å². The minimum Gasteiger partial charge on any atom is -0.496 e. The molecule has 0 bridgehead atoms. The van der Waals surface area contributed by atoms with Crippen molar-refractivity contribution in [2.45, 2.75) is 26.7 Å². The predicted octanol–water partition coefficient (Wildman–Crippen LogP) is 4.00. The van der Waals surface area contributed by atoms with Gasteiger partial charge in [0, 0.05) is 59.7 Å². The number of ketones is 1. The van der Waals surface area contributed by atoms with Gasteiger partial charge >= 0.3 is 0 Å². The molecule has 0 saturated carbocycles. The standard InChI is InChI=1S/C23H24N4O2/c1-4-27(26-11-5-6-12-26)23-20-19(17-13-24-10-9-15(17)22(20)28)16-7-8-18(29-3)14(2)21(16)25-23/h7-10,13H,4-6,11-12H2,1-3H3. The predicted molar refractivity (Wildman–Crippen MR) is 114 cm³/mol. The largest absolute Gasteiger partial charge is 0.496 e. The van der Waals surface area contributed by atoms with E-state index in [1.807, 2.05) is 25.1 Å². The van der Waals surface area contributed by atoms with Gasteiger partial charge in [0.05, 0.1) is 18.2 Å².